The van der Waals surface area contributed by atoms with Crippen molar-refractivity contribution in [2.24, 2.45) is 0 Å². The van der Waals surface area contributed by atoms with E-state index in [-0.39, 0.29) is 41.5 Å². The van der Waals surface area contributed by atoms with Crippen LogP contribution in [-0.2, 0) is 6.54 Å². The molecule has 0 atom stereocenters. The average Bonchev–Trinajstić information content (AvgIpc) is 3.31. The molecule has 0 saturated carbocycles. The highest BCUT2D eigenvalue weighted by Crippen LogP contribution is 2.35. The number of methoxy groups -OCH3 is 1. The van der Waals surface area contributed by atoms with Crippen molar-refractivity contribution in [3.8, 4) is 11.5 Å². The zero-order valence-corrected chi connectivity index (χ0v) is 17.4. The van der Waals surface area contributed by atoms with E-state index in [2.05, 4.69) is 10.6 Å². The molecule has 2 amide bonds. The standard InChI is InChI=1S/C22H21N3O7/c1-3-31-20-11-16(18(25(28)29)12-19(20)30-2)22(27)24-17-9-5-4-8-15(17)21(26)23-13-14-7-6-10-32-14/h4-12H,3,13H2,1-2H3,(H,23,26)(H,24,27). The van der Waals surface area contributed by atoms with Crippen molar-refractivity contribution in [1.82, 2.24) is 5.32 Å². The van der Waals surface area contributed by atoms with Crippen LogP contribution in [0.2, 0.25) is 0 Å². The lowest BCUT2D eigenvalue weighted by atomic mass is 10.1. The van der Waals surface area contributed by atoms with Gasteiger partial charge in [-0.05, 0) is 31.2 Å². The lowest BCUT2D eigenvalue weighted by Gasteiger charge is -2.13. The number of benzene rings is 2. The van der Waals surface area contributed by atoms with Crippen LogP contribution in [0.15, 0.2) is 59.2 Å². The van der Waals surface area contributed by atoms with Crippen molar-refractivity contribution in [3.05, 3.63) is 81.8 Å². The molecule has 10 nitrogen and oxygen atoms in total. The van der Waals surface area contributed by atoms with Gasteiger partial charge >= 0.3 is 0 Å². The predicted molar refractivity (Wildman–Crippen MR) is 115 cm³/mol. The molecule has 0 radical (unpaired) electrons. The Kier molecular flexibility index (Phi) is 7.06. The zero-order chi connectivity index (χ0) is 23.1. The molecule has 10 heteroatoms. The molecule has 1 aromatic heterocycles. The maximum absolute atomic E-state index is 13.0. The number of nitrogens with zero attached hydrogens (tertiary/aromatic N) is 1. The molecule has 2 N–H and O–H groups in total. The monoisotopic (exact) mass is 439 g/mol. The predicted octanol–water partition coefficient (Wildman–Crippen LogP) is 3.78. The first-order valence-electron chi connectivity index (χ1n) is 9.64. The molecule has 3 rings (SSSR count). The Morgan fingerprint density at radius 3 is 2.50 bits per heavy atom. The fourth-order valence-electron chi connectivity index (χ4n) is 2.97. The third-order valence-electron chi connectivity index (χ3n) is 4.45. The fourth-order valence-corrected chi connectivity index (χ4v) is 2.97. The summed E-state index contributed by atoms with van der Waals surface area (Å²) >= 11 is 0. The van der Waals surface area contributed by atoms with Crippen LogP contribution in [0.4, 0.5) is 11.4 Å². The zero-order valence-electron chi connectivity index (χ0n) is 17.4. The quantitative estimate of drug-likeness (QED) is 0.383. The SMILES string of the molecule is CCOc1cc(C(=O)Nc2ccccc2C(=O)NCc2ccco2)c([N+](=O)[O-])cc1OC. The highest BCUT2D eigenvalue weighted by molar-refractivity contribution is 6.11. The molecule has 0 bridgehead atoms. The molecule has 0 saturated heterocycles. The smallest absolute Gasteiger partial charge is 0.286 e. The maximum atomic E-state index is 13.0. The summed E-state index contributed by atoms with van der Waals surface area (Å²) < 4.78 is 15.7. The van der Waals surface area contributed by atoms with Gasteiger partial charge in [0.25, 0.3) is 17.5 Å². The number of carbonyl (C=O) groups excluding carboxylic acids is 2. The van der Waals surface area contributed by atoms with Crippen molar-refractivity contribution < 1.29 is 28.4 Å². The molecule has 3 aromatic rings. The summed E-state index contributed by atoms with van der Waals surface area (Å²) in [7, 11) is 1.35. The van der Waals surface area contributed by atoms with Crippen molar-refractivity contribution in [2.45, 2.75) is 13.5 Å². The average molecular weight is 439 g/mol. The van der Waals surface area contributed by atoms with Gasteiger partial charge in [0.15, 0.2) is 11.5 Å². The molecular formula is C22H21N3O7. The van der Waals surface area contributed by atoms with Crippen LogP contribution in [-0.4, -0.2) is 30.5 Å². The van der Waals surface area contributed by atoms with Gasteiger partial charge in [-0.1, -0.05) is 12.1 Å². The Morgan fingerprint density at radius 2 is 1.84 bits per heavy atom. The van der Waals surface area contributed by atoms with Gasteiger partial charge in [0.2, 0.25) is 0 Å². The second-order valence-electron chi connectivity index (χ2n) is 6.47. The molecular weight excluding hydrogens is 418 g/mol. The van der Waals surface area contributed by atoms with E-state index >= 15 is 0 Å². The minimum atomic E-state index is -0.772. The Hall–Kier alpha value is -4.34. The van der Waals surface area contributed by atoms with Gasteiger partial charge in [0.1, 0.15) is 11.3 Å². The molecule has 32 heavy (non-hydrogen) atoms. The summed E-state index contributed by atoms with van der Waals surface area (Å²) in [6, 6.07) is 12.1. The molecule has 1 heterocycles. The van der Waals surface area contributed by atoms with Crippen molar-refractivity contribution in [2.75, 3.05) is 19.0 Å². The van der Waals surface area contributed by atoms with Gasteiger partial charge in [-0.3, -0.25) is 19.7 Å². The summed E-state index contributed by atoms with van der Waals surface area (Å²) in [5.41, 5.74) is -0.307. The third-order valence-corrected chi connectivity index (χ3v) is 4.45. The second-order valence-corrected chi connectivity index (χ2v) is 6.47. The Bertz CT molecular complexity index is 1130. The molecule has 2 aromatic carbocycles. The van der Waals surface area contributed by atoms with Crippen molar-refractivity contribution in [1.29, 1.82) is 0 Å². The summed E-state index contributed by atoms with van der Waals surface area (Å²) in [6.45, 7) is 2.17. The summed E-state index contributed by atoms with van der Waals surface area (Å²) in [4.78, 5) is 36.4. The van der Waals surface area contributed by atoms with Crippen LogP contribution >= 0.6 is 0 Å². The van der Waals surface area contributed by atoms with E-state index in [0.29, 0.717) is 5.76 Å². The fraction of sp³-hybridized carbons (Fsp3) is 0.182. The van der Waals surface area contributed by atoms with Crippen molar-refractivity contribution >= 4 is 23.2 Å². The van der Waals surface area contributed by atoms with Crippen LogP contribution < -0.4 is 20.1 Å². The molecule has 0 spiro atoms. The first-order chi connectivity index (χ1) is 15.4. The Morgan fingerprint density at radius 1 is 1.06 bits per heavy atom. The van der Waals surface area contributed by atoms with E-state index in [1.807, 2.05) is 0 Å². The van der Waals surface area contributed by atoms with Crippen molar-refractivity contribution in [3.63, 3.8) is 0 Å². The largest absolute Gasteiger partial charge is 0.493 e. The Balaban J connectivity index is 1.88. The van der Waals surface area contributed by atoms with E-state index in [0.717, 1.165) is 6.07 Å². The molecule has 0 fully saturated rings. The van der Waals surface area contributed by atoms with E-state index < -0.39 is 22.4 Å². The number of anilines is 1. The van der Waals surface area contributed by atoms with Gasteiger partial charge in [0, 0.05) is 6.07 Å². The number of hydrogen-bond acceptors (Lipinski definition) is 7. The van der Waals surface area contributed by atoms with Crippen LogP contribution in [0.25, 0.3) is 0 Å². The second kappa shape index (κ2) is 10.1. The number of furan rings is 1. The highest BCUT2D eigenvalue weighted by atomic mass is 16.6. The minimum absolute atomic E-state index is 0.132. The van der Waals surface area contributed by atoms with Crippen LogP contribution in [0.1, 0.15) is 33.4 Å². The van der Waals surface area contributed by atoms with Gasteiger partial charge in [-0.15, -0.1) is 0 Å². The van der Waals surface area contributed by atoms with E-state index in [4.69, 9.17) is 13.9 Å². The highest BCUT2D eigenvalue weighted by Gasteiger charge is 2.25. The maximum Gasteiger partial charge on any atom is 0.286 e. The number of rotatable bonds is 9. The molecule has 0 unspecified atom stereocenters. The first-order valence-corrected chi connectivity index (χ1v) is 9.64. The summed E-state index contributed by atoms with van der Waals surface area (Å²) in [5.74, 6) is -0.330. The topological polar surface area (TPSA) is 133 Å². The number of nitro benzene ring substituents is 1. The van der Waals surface area contributed by atoms with Crippen LogP contribution in [0.5, 0.6) is 11.5 Å². The third kappa shape index (κ3) is 5.04. The van der Waals surface area contributed by atoms with Crippen LogP contribution in [0, 0.1) is 10.1 Å². The summed E-state index contributed by atoms with van der Waals surface area (Å²) in [5, 5.41) is 16.8. The van der Waals surface area contributed by atoms with E-state index in [1.54, 1.807) is 31.2 Å². The number of para-hydroxylation sites is 1. The number of nitrogens with one attached hydrogen (secondary N) is 2. The minimum Gasteiger partial charge on any atom is -0.493 e. The molecule has 0 aliphatic carbocycles. The van der Waals surface area contributed by atoms with Gasteiger partial charge in [0.05, 0.1) is 48.8 Å². The van der Waals surface area contributed by atoms with Gasteiger partial charge < -0.3 is 24.5 Å². The number of ether oxygens (including phenoxy) is 2. The number of carbonyl (C=O) groups is 2. The number of nitro groups is 1. The first kappa shape index (κ1) is 22.3. The lowest BCUT2D eigenvalue weighted by Crippen LogP contribution is -2.25. The normalized spacial score (nSPS) is 10.3. The molecule has 166 valence electrons. The summed E-state index contributed by atoms with van der Waals surface area (Å²) in [6.07, 6.45) is 1.49. The van der Waals surface area contributed by atoms with Crippen LogP contribution in [0.3, 0.4) is 0 Å². The molecule has 0 aliphatic heterocycles. The van der Waals surface area contributed by atoms with Gasteiger partial charge in [-0.2, -0.15) is 0 Å². The van der Waals surface area contributed by atoms with Gasteiger partial charge in [-0.25, -0.2) is 0 Å². The molecule has 0 aliphatic rings. The Labute approximate surface area is 183 Å². The van der Waals surface area contributed by atoms with E-state index in [9.17, 15) is 19.7 Å². The number of hydrogen-bond donors (Lipinski definition) is 2. The number of amides is 2. The van der Waals surface area contributed by atoms with E-state index in [1.165, 1.54) is 31.6 Å². The lowest BCUT2D eigenvalue weighted by molar-refractivity contribution is -0.385.